The van der Waals surface area contributed by atoms with Crippen molar-refractivity contribution in [1.82, 2.24) is 20.4 Å². The summed E-state index contributed by atoms with van der Waals surface area (Å²) in [6.07, 6.45) is 0.420. The van der Waals surface area contributed by atoms with Crippen LogP contribution in [0.2, 0.25) is 0 Å². The summed E-state index contributed by atoms with van der Waals surface area (Å²) >= 11 is 0. The van der Waals surface area contributed by atoms with Crippen molar-refractivity contribution in [1.29, 1.82) is 0 Å². The molecule has 0 atom stereocenters. The van der Waals surface area contributed by atoms with Gasteiger partial charge in [-0.2, -0.15) is 0 Å². The molecule has 10 nitrogen and oxygen atoms in total. The number of rotatable bonds is 4. The highest BCUT2D eigenvalue weighted by atomic mass is 16.4. The van der Waals surface area contributed by atoms with Gasteiger partial charge in [0.05, 0.1) is 19.6 Å². The molecule has 1 rings (SSSR count). The average Bonchev–Trinajstić information content (AvgIpc) is 2.45. The summed E-state index contributed by atoms with van der Waals surface area (Å²) in [6, 6.07) is 0. The molecule has 0 aromatic heterocycles. The zero-order chi connectivity index (χ0) is 17.2. The van der Waals surface area contributed by atoms with Gasteiger partial charge in [-0.15, -0.1) is 0 Å². The van der Waals surface area contributed by atoms with Gasteiger partial charge in [0.15, 0.2) is 0 Å². The lowest BCUT2D eigenvalue weighted by Crippen LogP contribution is -2.46. The van der Waals surface area contributed by atoms with Crippen LogP contribution in [0.4, 0.5) is 0 Å². The van der Waals surface area contributed by atoms with Crippen LogP contribution in [0.25, 0.3) is 0 Å². The maximum Gasteiger partial charge on any atom is 0.323 e. The second kappa shape index (κ2) is 9.74. The number of aliphatic carboxylic acids is 2. The van der Waals surface area contributed by atoms with Crippen LogP contribution in [0.1, 0.15) is 6.42 Å². The quantitative estimate of drug-likeness (QED) is 0.440. The Labute approximate surface area is 133 Å². The van der Waals surface area contributed by atoms with E-state index < -0.39 is 24.4 Å². The summed E-state index contributed by atoms with van der Waals surface area (Å²) < 4.78 is 0. The van der Waals surface area contributed by atoms with Crippen LogP contribution in [0.3, 0.4) is 0 Å². The molecule has 1 saturated heterocycles. The third-order valence-electron chi connectivity index (χ3n) is 3.21. The van der Waals surface area contributed by atoms with Gasteiger partial charge in [0.1, 0.15) is 6.54 Å². The maximum absolute atomic E-state index is 12.2. The van der Waals surface area contributed by atoms with Gasteiger partial charge < -0.3 is 25.7 Å². The van der Waals surface area contributed by atoms with E-state index in [0.29, 0.717) is 19.5 Å². The van der Waals surface area contributed by atoms with Crippen molar-refractivity contribution in [3.8, 4) is 0 Å². The first kappa shape index (κ1) is 18.8. The van der Waals surface area contributed by atoms with E-state index in [2.05, 4.69) is 10.6 Å². The van der Waals surface area contributed by atoms with Crippen LogP contribution in [0, 0.1) is 0 Å². The summed E-state index contributed by atoms with van der Waals surface area (Å²) in [5.41, 5.74) is 0. The summed E-state index contributed by atoms with van der Waals surface area (Å²) in [5.74, 6) is -2.87. The predicted molar refractivity (Wildman–Crippen MR) is 78.8 cm³/mol. The van der Waals surface area contributed by atoms with Gasteiger partial charge in [-0.05, 0) is 6.42 Å². The standard InChI is InChI=1S/C13H22N4O6/c18-10-6-14-3-5-16(8-12(20)21)7-11(19)17(9-13(22)23)4-1-2-15-10/h14H,1-9H2,(H,15,18)(H,20,21)(H,22,23). The highest BCUT2D eigenvalue weighted by molar-refractivity contribution is 5.83. The van der Waals surface area contributed by atoms with Gasteiger partial charge in [-0.25, -0.2) is 0 Å². The Kier molecular flexibility index (Phi) is 7.98. The van der Waals surface area contributed by atoms with Crippen molar-refractivity contribution in [3.05, 3.63) is 0 Å². The lowest BCUT2D eigenvalue weighted by atomic mass is 10.3. The molecule has 2 amide bonds. The Balaban J connectivity index is 2.77. The second-order valence-electron chi connectivity index (χ2n) is 5.19. The maximum atomic E-state index is 12.2. The fourth-order valence-electron chi connectivity index (χ4n) is 2.15. The molecule has 23 heavy (non-hydrogen) atoms. The van der Waals surface area contributed by atoms with Gasteiger partial charge in [-0.3, -0.25) is 24.1 Å². The number of carbonyl (C=O) groups is 4. The molecule has 0 spiro atoms. The summed E-state index contributed by atoms with van der Waals surface area (Å²) in [4.78, 5) is 48.0. The van der Waals surface area contributed by atoms with Crippen molar-refractivity contribution < 1.29 is 29.4 Å². The molecule has 10 heteroatoms. The Morgan fingerprint density at radius 3 is 2.39 bits per heavy atom. The predicted octanol–water partition coefficient (Wildman–Crippen LogP) is -2.60. The minimum Gasteiger partial charge on any atom is -0.480 e. The molecule has 1 heterocycles. The molecule has 0 aromatic rings. The molecular formula is C13H22N4O6. The van der Waals surface area contributed by atoms with Crippen LogP contribution in [0.15, 0.2) is 0 Å². The smallest absolute Gasteiger partial charge is 0.323 e. The van der Waals surface area contributed by atoms with Crippen LogP contribution in [-0.2, 0) is 19.2 Å². The van der Waals surface area contributed by atoms with Crippen molar-refractivity contribution in [2.45, 2.75) is 6.42 Å². The minimum atomic E-state index is -1.14. The largest absolute Gasteiger partial charge is 0.480 e. The SMILES string of the molecule is O=C(O)CN1CCNCC(=O)NCCCN(CC(=O)O)C(=O)C1. The first-order valence-electron chi connectivity index (χ1n) is 7.29. The lowest BCUT2D eigenvalue weighted by Gasteiger charge is -2.25. The Morgan fingerprint density at radius 1 is 1.04 bits per heavy atom. The average molecular weight is 330 g/mol. The van der Waals surface area contributed by atoms with Crippen molar-refractivity contribution >= 4 is 23.8 Å². The number of nitrogens with zero attached hydrogens (tertiary/aromatic N) is 2. The Hall–Kier alpha value is -2.20. The third-order valence-corrected chi connectivity index (χ3v) is 3.21. The lowest BCUT2D eigenvalue weighted by molar-refractivity contribution is -0.146. The van der Waals surface area contributed by atoms with Crippen LogP contribution in [-0.4, -0.2) is 96.1 Å². The summed E-state index contributed by atoms with van der Waals surface area (Å²) in [6.45, 7) is 0.254. The normalized spacial score (nSPS) is 19.2. The van der Waals surface area contributed by atoms with Crippen LogP contribution in [0.5, 0.6) is 0 Å². The molecule has 130 valence electrons. The molecule has 4 N–H and O–H groups in total. The van der Waals surface area contributed by atoms with Crippen LogP contribution >= 0.6 is 0 Å². The molecule has 0 bridgehead atoms. The topological polar surface area (TPSA) is 139 Å². The molecule has 0 unspecified atom stereocenters. The second-order valence-corrected chi connectivity index (χ2v) is 5.19. The number of hydrogen-bond donors (Lipinski definition) is 4. The number of carboxylic acids is 2. The number of nitrogens with one attached hydrogen (secondary N) is 2. The van der Waals surface area contributed by atoms with Gasteiger partial charge in [0.2, 0.25) is 11.8 Å². The highest BCUT2D eigenvalue weighted by Crippen LogP contribution is 1.98. The van der Waals surface area contributed by atoms with E-state index in [0.717, 1.165) is 4.90 Å². The Bertz CT molecular complexity index is 456. The van der Waals surface area contributed by atoms with Crippen molar-refractivity contribution in [2.24, 2.45) is 0 Å². The van der Waals surface area contributed by atoms with Gasteiger partial charge >= 0.3 is 11.9 Å². The third kappa shape index (κ3) is 8.12. The molecule has 1 fully saturated rings. The van der Waals surface area contributed by atoms with Crippen molar-refractivity contribution in [3.63, 3.8) is 0 Å². The van der Waals surface area contributed by atoms with Crippen LogP contribution < -0.4 is 10.6 Å². The molecule has 0 aliphatic carbocycles. The van der Waals surface area contributed by atoms with E-state index in [9.17, 15) is 19.2 Å². The van der Waals surface area contributed by atoms with Gasteiger partial charge in [0, 0.05) is 26.2 Å². The molecule has 1 aliphatic heterocycles. The fourth-order valence-corrected chi connectivity index (χ4v) is 2.15. The van der Waals surface area contributed by atoms with E-state index in [1.165, 1.54) is 4.90 Å². The van der Waals surface area contributed by atoms with E-state index >= 15 is 0 Å². The number of carboxylic acid groups (broad SMARTS) is 2. The summed E-state index contributed by atoms with van der Waals surface area (Å²) in [7, 11) is 0. The fraction of sp³-hybridized carbons (Fsp3) is 0.692. The number of carbonyl (C=O) groups excluding carboxylic acids is 2. The van der Waals surface area contributed by atoms with E-state index in [1.807, 2.05) is 0 Å². The van der Waals surface area contributed by atoms with Gasteiger partial charge in [0.25, 0.3) is 0 Å². The highest BCUT2D eigenvalue weighted by Gasteiger charge is 2.21. The van der Waals surface area contributed by atoms with Crippen molar-refractivity contribution in [2.75, 3.05) is 52.4 Å². The molecule has 0 saturated carbocycles. The molecule has 1 aliphatic rings. The van der Waals surface area contributed by atoms with E-state index in [-0.39, 0.29) is 38.6 Å². The zero-order valence-electron chi connectivity index (χ0n) is 12.8. The van der Waals surface area contributed by atoms with Gasteiger partial charge in [-0.1, -0.05) is 0 Å². The number of hydrogen-bond acceptors (Lipinski definition) is 6. The molecular weight excluding hydrogens is 308 g/mol. The Morgan fingerprint density at radius 2 is 1.74 bits per heavy atom. The zero-order valence-corrected chi connectivity index (χ0v) is 12.8. The molecule has 0 aromatic carbocycles. The minimum absolute atomic E-state index is 0.105. The monoisotopic (exact) mass is 330 g/mol. The first-order valence-corrected chi connectivity index (χ1v) is 7.29. The van der Waals surface area contributed by atoms with E-state index in [4.69, 9.17) is 10.2 Å². The first-order chi connectivity index (χ1) is 10.9. The summed E-state index contributed by atoms with van der Waals surface area (Å²) in [5, 5.41) is 23.3. The number of amides is 2. The molecule has 0 radical (unpaired) electrons. The van der Waals surface area contributed by atoms with E-state index in [1.54, 1.807) is 0 Å².